The van der Waals surface area contributed by atoms with E-state index in [4.69, 9.17) is 10.9 Å². The smallest absolute Gasteiger partial charge is 0.156 e. The summed E-state index contributed by atoms with van der Waals surface area (Å²) < 4.78 is 2.17. The van der Waals surface area contributed by atoms with Crippen LogP contribution in [0.1, 0.15) is 12.7 Å². The van der Waals surface area contributed by atoms with E-state index in [9.17, 15) is 0 Å². The highest BCUT2D eigenvalue weighted by Gasteiger charge is 2.23. The molecule has 0 bridgehead atoms. The van der Waals surface area contributed by atoms with Crippen molar-refractivity contribution in [2.24, 2.45) is 10.9 Å². The second kappa shape index (κ2) is 6.71. The van der Waals surface area contributed by atoms with E-state index in [0.717, 1.165) is 45.1 Å². The molecule has 1 aliphatic heterocycles. The summed E-state index contributed by atoms with van der Waals surface area (Å²) in [6.45, 7) is 9.91. The number of nitrogens with zero attached hydrogens (tertiary/aromatic N) is 5. The van der Waals surface area contributed by atoms with Crippen molar-refractivity contribution < 1.29 is 5.21 Å². The lowest BCUT2D eigenvalue weighted by atomic mass is 10.2. The maximum absolute atomic E-state index is 8.72. The topological polar surface area (TPSA) is 82.9 Å². The molecular weight excluding hydrogens is 256 g/mol. The Hall–Kier alpha value is -1.60. The number of rotatable bonds is 5. The molecule has 0 aliphatic carbocycles. The fourth-order valence-corrected chi connectivity index (χ4v) is 2.53. The van der Waals surface area contributed by atoms with E-state index in [1.54, 1.807) is 0 Å². The molecule has 0 aromatic carbocycles. The monoisotopic (exact) mass is 280 g/mol. The molecule has 112 valence electrons. The molecule has 1 fully saturated rings. The van der Waals surface area contributed by atoms with Crippen molar-refractivity contribution in [2.45, 2.75) is 26.4 Å². The van der Waals surface area contributed by atoms with E-state index >= 15 is 0 Å². The standard InChI is InChI=1S/C13H24N6O/c1-11(13(14)16-20)18-8-5-17(6-9-18)7-10-19-4-3-15-12(19)2/h3-4,11,20H,5-10H2,1-2H3,(H2,14,16). The Morgan fingerprint density at radius 3 is 2.65 bits per heavy atom. The minimum absolute atomic E-state index is 0.00181. The first-order valence-electron chi connectivity index (χ1n) is 7.03. The van der Waals surface area contributed by atoms with E-state index in [1.165, 1.54) is 0 Å². The minimum atomic E-state index is -0.00181. The Morgan fingerprint density at radius 1 is 1.40 bits per heavy atom. The summed E-state index contributed by atoms with van der Waals surface area (Å²) in [7, 11) is 0. The molecule has 20 heavy (non-hydrogen) atoms. The summed E-state index contributed by atoms with van der Waals surface area (Å²) in [5.74, 6) is 1.34. The molecule has 0 spiro atoms. The molecular formula is C13H24N6O. The van der Waals surface area contributed by atoms with Gasteiger partial charge in [0.15, 0.2) is 5.84 Å². The summed E-state index contributed by atoms with van der Waals surface area (Å²) in [6.07, 6.45) is 3.86. The van der Waals surface area contributed by atoms with Crippen molar-refractivity contribution in [3.63, 3.8) is 0 Å². The number of aryl methyl sites for hydroxylation is 1. The van der Waals surface area contributed by atoms with Gasteiger partial charge in [-0.2, -0.15) is 0 Å². The number of oxime groups is 1. The van der Waals surface area contributed by atoms with Crippen molar-refractivity contribution in [3.8, 4) is 0 Å². The lowest BCUT2D eigenvalue weighted by Crippen LogP contribution is -2.53. The van der Waals surface area contributed by atoms with Gasteiger partial charge in [-0.3, -0.25) is 9.80 Å². The van der Waals surface area contributed by atoms with Gasteiger partial charge in [-0.05, 0) is 13.8 Å². The van der Waals surface area contributed by atoms with Gasteiger partial charge in [-0.1, -0.05) is 5.16 Å². The summed E-state index contributed by atoms with van der Waals surface area (Å²) >= 11 is 0. The molecule has 2 heterocycles. The minimum Gasteiger partial charge on any atom is -0.409 e. The molecule has 1 atom stereocenters. The highest BCUT2D eigenvalue weighted by molar-refractivity contribution is 5.84. The van der Waals surface area contributed by atoms with Crippen molar-refractivity contribution in [3.05, 3.63) is 18.2 Å². The molecule has 1 aromatic heterocycles. The predicted octanol–water partition coefficient (Wildman–Crippen LogP) is -0.0560. The maximum atomic E-state index is 8.72. The van der Waals surface area contributed by atoms with E-state index in [2.05, 4.69) is 24.5 Å². The van der Waals surface area contributed by atoms with Crippen LogP contribution >= 0.6 is 0 Å². The normalized spacial score (nSPS) is 20.2. The fraction of sp³-hybridized carbons (Fsp3) is 0.692. The first-order valence-corrected chi connectivity index (χ1v) is 7.03. The van der Waals surface area contributed by atoms with E-state index in [-0.39, 0.29) is 11.9 Å². The van der Waals surface area contributed by atoms with Crippen LogP contribution in [0, 0.1) is 6.92 Å². The van der Waals surface area contributed by atoms with Gasteiger partial charge in [0.05, 0.1) is 6.04 Å². The first kappa shape index (κ1) is 14.8. The van der Waals surface area contributed by atoms with Gasteiger partial charge in [0.2, 0.25) is 0 Å². The highest BCUT2D eigenvalue weighted by atomic mass is 16.4. The molecule has 1 aliphatic rings. The first-order chi connectivity index (χ1) is 9.61. The molecule has 3 N–H and O–H groups in total. The molecule has 1 unspecified atom stereocenters. The zero-order chi connectivity index (χ0) is 14.5. The van der Waals surface area contributed by atoms with Crippen LogP contribution in [0.15, 0.2) is 17.5 Å². The lowest BCUT2D eigenvalue weighted by molar-refractivity contribution is 0.118. The molecule has 2 rings (SSSR count). The summed E-state index contributed by atoms with van der Waals surface area (Å²) in [4.78, 5) is 8.91. The van der Waals surface area contributed by atoms with Gasteiger partial charge >= 0.3 is 0 Å². The molecule has 7 heteroatoms. The van der Waals surface area contributed by atoms with Crippen LogP contribution in [0.25, 0.3) is 0 Å². The highest BCUT2D eigenvalue weighted by Crippen LogP contribution is 2.07. The van der Waals surface area contributed by atoms with E-state index < -0.39 is 0 Å². The van der Waals surface area contributed by atoms with Crippen LogP contribution in [0.4, 0.5) is 0 Å². The summed E-state index contributed by atoms with van der Waals surface area (Å²) in [6, 6.07) is -0.00181. The van der Waals surface area contributed by atoms with Crippen LogP contribution in [-0.2, 0) is 6.54 Å². The van der Waals surface area contributed by atoms with Gasteiger partial charge in [-0.25, -0.2) is 4.98 Å². The molecule has 7 nitrogen and oxygen atoms in total. The van der Waals surface area contributed by atoms with Crippen LogP contribution in [0.3, 0.4) is 0 Å². The van der Waals surface area contributed by atoms with Gasteiger partial charge in [0.1, 0.15) is 5.82 Å². The Labute approximate surface area is 119 Å². The quantitative estimate of drug-likeness (QED) is 0.342. The van der Waals surface area contributed by atoms with Crippen LogP contribution < -0.4 is 5.73 Å². The third-order valence-electron chi connectivity index (χ3n) is 4.08. The van der Waals surface area contributed by atoms with E-state index in [1.807, 2.05) is 26.2 Å². The fourth-order valence-electron chi connectivity index (χ4n) is 2.53. The number of hydrogen-bond donors (Lipinski definition) is 2. The van der Waals surface area contributed by atoms with Gasteiger partial charge in [0, 0.05) is 51.7 Å². The summed E-state index contributed by atoms with van der Waals surface area (Å²) in [5, 5.41) is 11.8. The predicted molar refractivity (Wildman–Crippen MR) is 77.8 cm³/mol. The molecule has 1 saturated heterocycles. The van der Waals surface area contributed by atoms with Gasteiger partial charge in [-0.15, -0.1) is 0 Å². The Morgan fingerprint density at radius 2 is 2.10 bits per heavy atom. The molecule has 1 aromatic rings. The molecule has 0 saturated carbocycles. The summed E-state index contributed by atoms with van der Waals surface area (Å²) in [5.41, 5.74) is 5.66. The number of nitrogens with two attached hydrogens (primary N) is 1. The number of aromatic nitrogens is 2. The zero-order valence-corrected chi connectivity index (χ0v) is 12.2. The number of amidine groups is 1. The Bertz CT molecular complexity index is 449. The third-order valence-corrected chi connectivity index (χ3v) is 4.08. The largest absolute Gasteiger partial charge is 0.409 e. The van der Waals surface area contributed by atoms with Gasteiger partial charge in [0.25, 0.3) is 0 Å². The van der Waals surface area contributed by atoms with Crippen LogP contribution in [-0.4, -0.2) is 69.2 Å². The van der Waals surface area contributed by atoms with E-state index in [0.29, 0.717) is 0 Å². The van der Waals surface area contributed by atoms with Crippen molar-refractivity contribution in [1.29, 1.82) is 0 Å². The second-order valence-electron chi connectivity index (χ2n) is 5.25. The lowest BCUT2D eigenvalue weighted by Gasteiger charge is -2.37. The third kappa shape index (κ3) is 3.49. The van der Waals surface area contributed by atoms with Crippen LogP contribution in [0.2, 0.25) is 0 Å². The van der Waals surface area contributed by atoms with Crippen LogP contribution in [0.5, 0.6) is 0 Å². The maximum Gasteiger partial charge on any atom is 0.156 e. The Balaban J connectivity index is 1.76. The second-order valence-corrected chi connectivity index (χ2v) is 5.25. The average Bonchev–Trinajstić information content (AvgIpc) is 2.89. The van der Waals surface area contributed by atoms with Crippen molar-refractivity contribution in [1.82, 2.24) is 19.4 Å². The molecule has 0 amide bonds. The van der Waals surface area contributed by atoms with Gasteiger partial charge < -0.3 is 15.5 Å². The van der Waals surface area contributed by atoms with Crippen molar-refractivity contribution >= 4 is 5.84 Å². The number of imidazole rings is 1. The average molecular weight is 280 g/mol. The number of hydrogen-bond acceptors (Lipinski definition) is 5. The van der Waals surface area contributed by atoms with Crippen molar-refractivity contribution in [2.75, 3.05) is 32.7 Å². The number of piperazine rings is 1. The SMILES string of the molecule is Cc1nccn1CCN1CCN(C(C)C(N)=NO)CC1. The zero-order valence-electron chi connectivity index (χ0n) is 12.2. The molecule has 0 radical (unpaired) electrons. The Kier molecular flexibility index (Phi) is 4.97.